The van der Waals surface area contributed by atoms with E-state index in [4.69, 9.17) is 4.74 Å². The van der Waals surface area contributed by atoms with E-state index in [1.165, 1.54) is 6.07 Å². The Hall–Kier alpha value is -1.39. The van der Waals surface area contributed by atoms with Gasteiger partial charge in [-0.1, -0.05) is 39.7 Å². The molecular formula is C16H17BrFNO. The largest absolute Gasteiger partial charge is 0.497 e. The Labute approximate surface area is 127 Å². The number of nitrogens with one attached hydrogen (secondary N) is 1. The maximum absolute atomic E-state index is 14.1. The molecule has 20 heavy (non-hydrogen) atoms. The number of hydrogen-bond acceptors (Lipinski definition) is 2. The minimum Gasteiger partial charge on any atom is -0.497 e. The SMILES string of the molecule is CNC(c1cc(C)ccc1F)c1ccc(OC)cc1Br. The Morgan fingerprint density at radius 3 is 2.50 bits per heavy atom. The van der Waals surface area contributed by atoms with E-state index in [2.05, 4.69) is 21.2 Å². The fourth-order valence-electron chi connectivity index (χ4n) is 2.23. The predicted octanol–water partition coefficient (Wildman–Crippen LogP) is 4.21. The van der Waals surface area contributed by atoms with E-state index in [-0.39, 0.29) is 11.9 Å². The second kappa shape index (κ2) is 6.37. The molecule has 2 rings (SSSR count). The van der Waals surface area contributed by atoms with Crippen molar-refractivity contribution in [3.8, 4) is 5.75 Å². The molecule has 0 aliphatic heterocycles. The lowest BCUT2D eigenvalue weighted by molar-refractivity contribution is 0.414. The zero-order chi connectivity index (χ0) is 14.7. The molecule has 1 N–H and O–H groups in total. The van der Waals surface area contributed by atoms with Gasteiger partial charge in [-0.2, -0.15) is 0 Å². The summed E-state index contributed by atoms with van der Waals surface area (Å²) in [7, 11) is 3.44. The molecule has 0 saturated heterocycles. The highest BCUT2D eigenvalue weighted by Crippen LogP contribution is 2.32. The van der Waals surface area contributed by atoms with Gasteiger partial charge in [-0.15, -0.1) is 0 Å². The number of rotatable bonds is 4. The van der Waals surface area contributed by atoms with Gasteiger partial charge in [-0.05, 0) is 37.7 Å². The van der Waals surface area contributed by atoms with Crippen molar-refractivity contribution in [1.29, 1.82) is 0 Å². The van der Waals surface area contributed by atoms with Crippen LogP contribution in [0.25, 0.3) is 0 Å². The van der Waals surface area contributed by atoms with Crippen molar-refractivity contribution >= 4 is 15.9 Å². The number of aryl methyl sites for hydroxylation is 1. The van der Waals surface area contributed by atoms with Crippen LogP contribution in [0, 0.1) is 12.7 Å². The van der Waals surface area contributed by atoms with Crippen LogP contribution >= 0.6 is 15.9 Å². The summed E-state index contributed by atoms with van der Waals surface area (Å²) in [4.78, 5) is 0. The summed E-state index contributed by atoms with van der Waals surface area (Å²) >= 11 is 3.53. The number of methoxy groups -OCH3 is 1. The molecule has 0 heterocycles. The third-order valence-corrected chi connectivity index (χ3v) is 3.96. The molecule has 2 aromatic carbocycles. The fourth-order valence-corrected chi connectivity index (χ4v) is 2.82. The summed E-state index contributed by atoms with van der Waals surface area (Å²) in [5.74, 6) is 0.554. The van der Waals surface area contributed by atoms with E-state index in [1.807, 2.05) is 38.2 Å². The molecular weight excluding hydrogens is 321 g/mol. The molecule has 0 fully saturated rings. The molecule has 106 valence electrons. The highest BCUT2D eigenvalue weighted by Gasteiger charge is 2.19. The second-order valence-corrected chi connectivity index (χ2v) is 5.49. The lowest BCUT2D eigenvalue weighted by Crippen LogP contribution is -2.19. The van der Waals surface area contributed by atoms with E-state index in [0.717, 1.165) is 21.3 Å². The molecule has 4 heteroatoms. The number of benzene rings is 2. The third-order valence-electron chi connectivity index (χ3n) is 3.27. The monoisotopic (exact) mass is 337 g/mol. The quantitative estimate of drug-likeness (QED) is 0.902. The van der Waals surface area contributed by atoms with Crippen LogP contribution in [0.1, 0.15) is 22.7 Å². The lowest BCUT2D eigenvalue weighted by atomic mass is 9.97. The van der Waals surface area contributed by atoms with E-state index in [9.17, 15) is 4.39 Å². The van der Waals surface area contributed by atoms with Crippen LogP contribution in [0.15, 0.2) is 40.9 Å². The molecule has 0 radical (unpaired) electrons. The maximum atomic E-state index is 14.1. The lowest BCUT2D eigenvalue weighted by Gasteiger charge is -2.20. The van der Waals surface area contributed by atoms with Crippen LogP contribution in [-0.4, -0.2) is 14.2 Å². The zero-order valence-corrected chi connectivity index (χ0v) is 13.3. The van der Waals surface area contributed by atoms with Gasteiger partial charge in [0.05, 0.1) is 13.2 Å². The summed E-state index contributed by atoms with van der Waals surface area (Å²) in [6, 6.07) is 10.6. The van der Waals surface area contributed by atoms with Gasteiger partial charge in [-0.25, -0.2) is 4.39 Å². The Morgan fingerprint density at radius 1 is 1.15 bits per heavy atom. The molecule has 0 aliphatic carbocycles. The molecule has 0 bridgehead atoms. The Bertz CT molecular complexity index is 615. The average molecular weight is 338 g/mol. The van der Waals surface area contributed by atoms with Crippen molar-refractivity contribution in [1.82, 2.24) is 5.32 Å². The van der Waals surface area contributed by atoms with Gasteiger partial charge in [0.15, 0.2) is 0 Å². The van der Waals surface area contributed by atoms with E-state index in [0.29, 0.717) is 5.56 Å². The second-order valence-electron chi connectivity index (χ2n) is 4.63. The first kappa shape index (κ1) is 15.0. The van der Waals surface area contributed by atoms with Crippen molar-refractivity contribution in [2.75, 3.05) is 14.2 Å². The van der Waals surface area contributed by atoms with Crippen LogP contribution in [0.2, 0.25) is 0 Å². The van der Waals surface area contributed by atoms with Gasteiger partial charge < -0.3 is 10.1 Å². The normalized spacial score (nSPS) is 12.2. The van der Waals surface area contributed by atoms with Gasteiger partial charge in [0, 0.05) is 10.0 Å². The molecule has 2 aromatic rings. The van der Waals surface area contributed by atoms with Crippen molar-refractivity contribution < 1.29 is 9.13 Å². The molecule has 2 nitrogen and oxygen atoms in total. The Kier molecular flexibility index (Phi) is 4.78. The van der Waals surface area contributed by atoms with Gasteiger partial charge in [0.25, 0.3) is 0 Å². The fraction of sp³-hybridized carbons (Fsp3) is 0.250. The standard InChI is InChI=1S/C16H17BrFNO/c1-10-4-7-15(18)13(8-10)16(19-2)12-6-5-11(20-3)9-14(12)17/h4-9,16,19H,1-3H3. The predicted molar refractivity (Wildman–Crippen MR) is 82.7 cm³/mol. The van der Waals surface area contributed by atoms with Crippen LogP contribution in [-0.2, 0) is 0 Å². The summed E-state index contributed by atoms with van der Waals surface area (Å²) in [5, 5.41) is 3.17. The molecule has 0 saturated carbocycles. The first-order chi connectivity index (χ1) is 9.56. The van der Waals surface area contributed by atoms with Crippen LogP contribution in [0.4, 0.5) is 4.39 Å². The highest BCUT2D eigenvalue weighted by atomic mass is 79.9. The van der Waals surface area contributed by atoms with Gasteiger partial charge >= 0.3 is 0 Å². The molecule has 0 spiro atoms. The minimum absolute atomic E-state index is 0.210. The number of halogens is 2. The molecule has 1 atom stereocenters. The minimum atomic E-state index is -0.213. The Balaban J connectivity index is 2.49. The summed E-state index contributed by atoms with van der Waals surface area (Å²) in [6.45, 7) is 1.96. The van der Waals surface area contributed by atoms with E-state index >= 15 is 0 Å². The van der Waals surface area contributed by atoms with Crippen molar-refractivity contribution in [3.05, 3.63) is 63.4 Å². The summed E-state index contributed by atoms with van der Waals surface area (Å²) < 4.78 is 20.2. The highest BCUT2D eigenvalue weighted by molar-refractivity contribution is 9.10. The van der Waals surface area contributed by atoms with Crippen LogP contribution < -0.4 is 10.1 Å². The zero-order valence-electron chi connectivity index (χ0n) is 11.7. The smallest absolute Gasteiger partial charge is 0.128 e. The topological polar surface area (TPSA) is 21.3 Å². The van der Waals surface area contributed by atoms with Crippen LogP contribution in [0.5, 0.6) is 5.75 Å². The third kappa shape index (κ3) is 3.02. The average Bonchev–Trinajstić information content (AvgIpc) is 2.44. The van der Waals surface area contributed by atoms with E-state index in [1.54, 1.807) is 13.2 Å². The molecule has 0 amide bonds. The van der Waals surface area contributed by atoms with Crippen molar-refractivity contribution in [3.63, 3.8) is 0 Å². The maximum Gasteiger partial charge on any atom is 0.128 e. The van der Waals surface area contributed by atoms with Gasteiger partial charge in [0.1, 0.15) is 11.6 Å². The molecule has 1 unspecified atom stereocenters. The van der Waals surface area contributed by atoms with Gasteiger partial charge in [0.2, 0.25) is 0 Å². The number of ether oxygens (including phenoxy) is 1. The Morgan fingerprint density at radius 2 is 1.90 bits per heavy atom. The molecule has 0 aromatic heterocycles. The van der Waals surface area contributed by atoms with E-state index < -0.39 is 0 Å². The number of hydrogen-bond donors (Lipinski definition) is 1. The van der Waals surface area contributed by atoms with Crippen molar-refractivity contribution in [2.24, 2.45) is 0 Å². The summed E-state index contributed by atoms with van der Waals surface area (Å²) in [6.07, 6.45) is 0. The van der Waals surface area contributed by atoms with Crippen molar-refractivity contribution in [2.45, 2.75) is 13.0 Å². The summed E-state index contributed by atoms with van der Waals surface area (Å²) in [5.41, 5.74) is 2.64. The first-order valence-electron chi connectivity index (χ1n) is 6.33. The first-order valence-corrected chi connectivity index (χ1v) is 7.13. The van der Waals surface area contributed by atoms with Crippen LogP contribution in [0.3, 0.4) is 0 Å². The molecule has 0 aliphatic rings. The van der Waals surface area contributed by atoms with Gasteiger partial charge in [-0.3, -0.25) is 0 Å².